The second-order valence-electron chi connectivity index (χ2n) is 5.25. The number of hydrogen-bond donors (Lipinski definition) is 0. The third-order valence-corrected chi connectivity index (χ3v) is 3.71. The van der Waals surface area contributed by atoms with Crippen molar-refractivity contribution in [1.29, 1.82) is 0 Å². The van der Waals surface area contributed by atoms with Crippen molar-refractivity contribution in [2.45, 2.75) is 32.1 Å². The highest BCUT2D eigenvalue weighted by Crippen LogP contribution is 2.32. The number of thioether (sulfide) groups is 1. The lowest BCUT2D eigenvalue weighted by Gasteiger charge is -2.16. The van der Waals surface area contributed by atoms with Crippen LogP contribution < -0.4 is 9.47 Å². The van der Waals surface area contributed by atoms with E-state index in [1.807, 2.05) is 18.2 Å². The number of fused-ring (bicyclic) bond motifs is 1. The quantitative estimate of drug-likeness (QED) is 0.794. The maximum absolute atomic E-state index is 11.6. The van der Waals surface area contributed by atoms with E-state index in [-0.39, 0.29) is 24.1 Å². The van der Waals surface area contributed by atoms with Crippen molar-refractivity contribution in [3.05, 3.63) is 23.8 Å². The van der Waals surface area contributed by atoms with Crippen LogP contribution in [0.5, 0.6) is 11.5 Å². The molecule has 0 saturated heterocycles. The monoisotopic (exact) mass is 282 g/mol. The molecule has 0 spiro atoms. The first-order valence-electron chi connectivity index (χ1n) is 6.12. The van der Waals surface area contributed by atoms with E-state index in [0.29, 0.717) is 11.5 Å². The average Bonchev–Trinajstić information content (AvgIpc) is 2.80. The van der Waals surface area contributed by atoms with Gasteiger partial charge in [-0.3, -0.25) is 4.79 Å². The summed E-state index contributed by atoms with van der Waals surface area (Å²) in [5, 5.41) is 0. The molecule has 0 radical (unpaired) electrons. The molecule has 0 aromatic heterocycles. The highest BCUT2D eigenvalue weighted by molar-refractivity contribution is 8.01. The van der Waals surface area contributed by atoms with Crippen LogP contribution in [-0.4, -0.2) is 23.3 Å². The van der Waals surface area contributed by atoms with Crippen LogP contribution in [0.4, 0.5) is 0 Å². The first-order valence-corrected chi connectivity index (χ1v) is 7.11. The Bertz CT molecular complexity index is 465. The second kappa shape index (κ2) is 5.74. The molecule has 4 nitrogen and oxygen atoms in total. The van der Waals surface area contributed by atoms with Crippen molar-refractivity contribution >= 4 is 17.7 Å². The summed E-state index contributed by atoms with van der Waals surface area (Å²) >= 11 is 1.58. The van der Waals surface area contributed by atoms with Crippen LogP contribution in [0.25, 0.3) is 0 Å². The molecule has 0 bridgehead atoms. The Morgan fingerprint density at radius 2 is 2.05 bits per heavy atom. The van der Waals surface area contributed by atoms with Gasteiger partial charge in [0.1, 0.15) is 6.61 Å². The van der Waals surface area contributed by atoms with Gasteiger partial charge in [0.2, 0.25) is 6.79 Å². The zero-order chi connectivity index (χ0) is 13.9. The van der Waals surface area contributed by atoms with E-state index < -0.39 is 0 Å². The highest BCUT2D eigenvalue weighted by Gasteiger charge is 2.16. The van der Waals surface area contributed by atoms with Gasteiger partial charge in [-0.2, -0.15) is 0 Å². The van der Waals surface area contributed by atoms with Crippen LogP contribution in [0.3, 0.4) is 0 Å². The third-order valence-electron chi connectivity index (χ3n) is 2.46. The molecule has 1 aliphatic heterocycles. The van der Waals surface area contributed by atoms with E-state index in [1.54, 1.807) is 11.8 Å². The van der Waals surface area contributed by atoms with Gasteiger partial charge < -0.3 is 14.2 Å². The topological polar surface area (TPSA) is 44.8 Å². The Hall–Kier alpha value is -1.36. The lowest BCUT2D eigenvalue weighted by molar-refractivity contribution is -0.141. The van der Waals surface area contributed by atoms with Gasteiger partial charge in [-0.25, -0.2) is 0 Å². The molecule has 1 aromatic carbocycles. The van der Waals surface area contributed by atoms with Crippen LogP contribution in [0.2, 0.25) is 0 Å². The minimum atomic E-state index is -0.197. The van der Waals surface area contributed by atoms with Crippen molar-refractivity contribution in [3.63, 3.8) is 0 Å². The Morgan fingerprint density at radius 3 is 2.79 bits per heavy atom. The molecule has 0 saturated carbocycles. The van der Waals surface area contributed by atoms with Gasteiger partial charge in [0.15, 0.2) is 11.5 Å². The molecule has 0 fully saturated rings. The molecule has 104 valence electrons. The molecule has 1 aliphatic rings. The number of carbonyl (C=O) groups excluding carboxylic acids is 1. The fourth-order valence-electron chi connectivity index (χ4n) is 1.51. The molecule has 0 N–H and O–H groups in total. The summed E-state index contributed by atoms with van der Waals surface area (Å²) in [5.74, 6) is 1.61. The first-order chi connectivity index (χ1) is 8.94. The largest absolute Gasteiger partial charge is 0.460 e. The Labute approximate surface area is 117 Å². The van der Waals surface area contributed by atoms with Crippen molar-refractivity contribution in [3.8, 4) is 11.5 Å². The highest BCUT2D eigenvalue weighted by atomic mass is 32.2. The maximum atomic E-state index is 11.6. The third kappa shape index (κ3) is 4.35. The van der Waals surface area contributed by atoms with Crippen molar-refractivity contribution in [2.24, 2.45) is 0 Å². The van der Waals surface area contributed by atoms with E-state index in [9.17, 15) is 4.79 Å². The summed E-state index contributed by atoms with van der Waals surface area (Å²) in [6, 6.07) is 5.54. The van der Waals surface area contributed by atoms with Crippen LogP contribution >= 0.6 is 11.8 Å². The van der Waals surface area contributed by atoms with Gasteiger partial charge >= 0.3 is 5.97 Å². The van der Waals surface area contributed by atoms with Gasteiger partial charge in [0, 0.05) is 4.75 Å². The summed E-state index contributed by atoms with van der Waals surface area (Å²) in [6.45, 7) is 6.73. The van der Waals surface area contributed by atoms with Crippen LogP contribution in [0.15, 0.2) is 18.2 Å². The normalized spacial score (nSPS) is 13.4. The Morgan fingerprint density at radius 1 is 1.32 bits per heavy atom. The second-order valence-corrected chi connectivity index (χ2v) is 7.05. The number of hydrogen-bond acceptors (Lipinski definition) is 5. The SMILES string of the molecule is CC(C)(C)SCC(=O)OCc1ccc2c(c1)OCO2. The lowest BCUT2D eigenvalue weighted by atomic mass is 10.2. The lowest BCUT2D eigenvalue weighted by Crippen LogP contribution is -2.14. The van der Waals surface area contributed by atoms with Gasteiger partial charge in [-0.15, -0.1) is 11.8 Å². The molecule has 0 unspecified atom stereocenters. The molecule has 0 aliphatic carbocycles. The zero-order valence-corrected chi connectivity index (χ0v) is 12.2. The van der Waals surface area contributed by atoms with E-state index in [0.717, 1.165) is 11.3 Å². The minimum Gasteiger partial charge on any atom is -0.460 e. The molecule has 0 atom stereocenters. The summed E-state index contributed by atoms with van der Waals surface area (Å²) in [7, 11) is 0. The van der Waals surface area contributed by atoms with Crippen LogP contribution in [0.1, 0.15) is 26.3 Å². The number of esters is 1. The van der Waals surface area contributed by atoms with Gasteiger partial charge in [-0.05, 0) is 17.7 Å². The number of ether oxygens (including phenoxy) is 3. The molecule has 0 amide bonds. The number of benzene rings is 1. The summed E-state index contributed by atoms with van der Waals surface area (Å²) in [6.07, 6.45) is 0. The molecule has 19 heavy (non-hydrogen) atoms. The summed E-state index contributed by atoms with van der Waals surface area (Å²) in [5.41, 5.74) is 0.901. The first kappa shape index (κ1) is 14.1. The standard InChI is InChI=1S/C14H18O4S/c1-14(2,3)19-8-13(15)16-7-10-4-5-11-12(6-10)18-9-17-11/h4-6H,7-9H2,1-3H3. The minimum absolute atomic E-state index is 0.0672. The van der Waals surface area contributed by atoms with Crippen molar-refractivity contribution < 1.29 is 19.0 Å². The smallest absolute Gasteiger partial charge is 0.316 e. The van der Waals surface area contributed by atoms with E-state index in [1.165, 1.54) is 0 Å². The Balaban J connectivity index is 1.81. The number of carbonyl (C=O) groups is 1. The van der Waals surface area contributed by atoms with Gasteiger partial charge in [0.05, 0.1) is 5.75 Å². The van der Waals surface area contributed by atoms with Crippen molar-refractivity contribution in [1.82, 2.24) is 0 Å². The molecule has 2 rings (SSSR count). The number of rotatable bonds is 4. The summed E-state index contributed by atoms with van der Waals surface area (Å²) in [4.78, 5) is 11.6. The van der Waals surface area contributed by atoms with E-state index >= 15 is 0 Å². The van der Waals surface area contributed by atoms with Gasteiger partial charge in [-0.1, -0.05) is 26.8 Å². The predicted molar refractivity (Wildman–Crippen MR) is 74.6 cm³/mol. The molecule has 1 heterocycles. The van der Waals surface area contributed by atoms with Crippen LogP contribution in [-0.2, 0) is 16.1 Å². The summed E-state index contributed by atoms with van der Waals surface area (Å²) < 4.78 is 15.8. The van der Waals surface area contributed by atoms with Crippen molar-refractivity contribution in [2.75, 3.05) is 12.5 Å². The Kier molecular flexibility index (Phi) is 4.24. The predicted octanol–water partition coefficient (Wildman–Crippen LogP) is 2.99. The van der Waals surface area contributed by atoms with E-state index in [2.05, 4.69) is 20.8 Å². The molecular formula is C14H18O4S. The van der Waals surface area contributed by atoms with E-state index in [4.69, 9.17) is 14.2 Å². The maximum Gasteiger partial charge on any atom is 0.316 e. The fraction of sp³-hybridized carbons (Fsp3) is 0.500. The van der Waals surface area contributed by atoms with Crippen LogP contribution in [0, 0.1) is 0 Å². The van der Waals surface area contributed by atoms with Gasteiger partial charge in [0.25, 0.3) is 0 Å². The fourth-order valence-corrected chi connectivity index (χ4v) is 2.15. The average molecular weight is 282 g/mol. The molecular weight excluding hydrogens is 264 g/mol. The molecule has 1 aromatic rings. The molecule has 5 heteroatoms. The zero-order valence-electron chi connectivity index (χ0n) is 11.4.